The Morgan fingerprint density at radius 1 is 1.24 bits per heavy atom. The fourth-order valence-corrected chi connectivity index (χ4v) is 2.63. The summed E-state index contributed by atoms with van der Waals surface area (Å²) in [6.07, 6.45) is 0.827. The standard InChI is InChI=1S/C17H19BrFNO/c1-12(15-11-14(18)7-8-16(15)19)20-17-6-4-3-5-13(17)9-10-21-2/h3-8,11-12,20H,9-10H2,1-2H3. The molecule has 1 unspecified atom stereocenters. The molecule has 0 radical (unpaired) electrons. The molecule has 112 valence electrons. The van der Waals surface area contributed by atoms with Crippen molar-refractivity contribution >= 4 is 21.6 Å². The molecule has 0 bridgehead atoms. The lowest BCUT2D eigenvalue weighted by atomic mass is 10.1. The number of benzene rings is 2. The number of nitrogens with one attached hydrogen (secondary N) is 1. The van der Waals surface area contributed by atoms with Gasteiger partial charge in [-0.1, -0.05) is 34.1 Å². The minimum Gasteiger partial charge on any atom is -0.384 e. The number of methoxy groups -OCH3 is 1. The first kappa shape index (κ1) is 16.0. The molecule has 0 heterocycles. The molecule has 0 saturated heterocycles. The normalized spacial score (nSPS) is 12.2. The number of ether oxygens (including phenoxy) is 1. The molecular weight excluding hydrogens is 333 g/mol. The first-order valence-corrected chi connectivity index (χ1v) is 7.69. The Balaban J connectivity index is 2.19. The highest BCUT2D eigenvalue weighted by atomic mass is 79.9. The summed E-state index contributed by atoms with van der Waals surface area (Å²) in [5.41, 5.74) is 2.83. The summed E-state index contributed by atoms with van der Waals surface area (Å²) in [4.78, 5) is 0. The second-order valence-electron chi connectivity index (χ2n) is 4.93. The van der Waals surface area contributed by atoms with E-state index in [9.17, 15) is 4.39 Å². The fourth-order valence-electron chi connectivity index (χ4n) is 2.25. The van der Waals surface area contributed by atoms with Crippen LogP contribution < -0.4 is 5.32 Å². The van der Waals surface area contributed by atoms with Gasteiger partial charge in [-0.3, -0.25) is 0 Å². The van der Waals surface area contributed by atoms with Crippen LogP contribution in [-0.2, 0) is 11.2 Å². The second-order valence-corrected chi connectivity index (χ2v) is 5.85. The van der Waals surface area contributed by atoms with E-state index < -0.39 is 0 Å². The second kappa shape index (κ2) is 7.57. The van der Waals surface area contributed by atoms with Crippen molar-refractivity contribution in [3.8, 4) is 0 Å². The molecule has 2 aromatic rings. The van der Waals surface area contributed by atoms with Gasteiger partial charge < -0.3 is 10.1 Å². The predicted molar refractivity (Wildman–Crippen MR) is 88.2 cm³/mol. The van der Waals surface area contributed by atoms with Crippen LogP contribution in [0.4, 0.5) is 10.1 Å². The number of anilines is 1. The third kappa shape index (κ3) is 4.29. The quantitative estimate of drug-likeness (QED) is 0.794. The van der Waals surface area contributed by atoms with Gasteiger partial charge in [0.05, 0.1) is 12.6 Å². The number of rotatable bonds is 6. The van der Waals surface area contributed by atoms with Crippen molar-refractivity contribution in [2.45, 2.75) is 19.4 Å². The van der Waals surface area contributed by atoms with Crippen LogP contribution in [0.2, 0.25) is 0 Å². The maximum Gasteiger partial charge on any atom is 0.128 e. The van der Waals surface area contributed by atoms with Crippen molar-refractivity contribution in [1.82, 2.24) is 0 Å². The van der Waals surface area contributed by atoms with Crippen LogP contribution in [0.15, 0.2) is 46.9 Å². The maximum absolute atomic E-state index is 13.9. The van der Waals surface area contributed by atoms with E-state index in [1.165, 1.54) is 11.6 Å². The highest BCUT2D eigenvalue weighted by molar-refractivity contribution is 9.10. The largest absolute Gasteiger partial charge is 0.384 e. The summed E-state index contributed by atoms with van der Waals surface area (Å²) in [6, 6.07) is 12.9. The van der Waals surface area contributed by atoms with Gasteiger partial charge in [-0.15, -0.1) is 0 Å². The van der Waals surface area contributed by atoms with Gasteiger partial charge in [-0.2, -0.15) is 0 Å². The van der Waals surface area contributed by atoms with Gasteiger partial charge in [0, 0.05) is 22.8 Å². The zero-order chi connectivity index (χ0) is 15.2. The summed E-state index contributed by atoms with van der Waals surface area (Å²) < 4.78 is 20.0. The minimum atomic E-state index is -0.201. The summed E-state index contributed by atoms with van der Waals surface area (Å²) in [5, 5.41) is 3.39. The maximum atomic E-state index is 13.9. The van der Waals surface area contributed by atoms with Gasteiger partial charge in [0.2, 0.25) is 0 Å². The van der Waals surface area contributed by atoms with Gasteiger partial charge in [-0.25, -0.2) is 4.39 Å². The van der Waals surface area contributed by atoms with Crippen molar-refractivity contribution in [1.29, 1.82) is 0 Å². The van der Waals surface area contributed by atoms with Gasteiger partial charge in [-0.05, 0) is 43.2 Å². The Kier molecular flexibility index (Phi) is 5.76. The molecule has 4 heteroatoms. The SMILES string of the molecule is COCCc1ccccc1NC(C)c1cc(Br)ccc1F. The molecule has 0 fully saturated rings. The predicted octanol–water partition coefficient (Wildman–Crippen LogP) is 4.95. The van der Waals surface area contributed by atoms with E-state index in [0.717, 1.165) is 16.6 Å². The van der Waals surface area contributed by atoms with Crippen LogP contribution in [0.5, 0.6) is 0 Å². The molecule has 0 aromatic heterocycles. The highest BCUT2D eigenvalue weighted by Gasteiger charge is 2.12. The Hall–Kier alpha value is -1.39. The van der Waals surface area contributed by atoms with E-state index in [0.29, 0.717) is 12.2 Å². The number of hydrogen-bond acceptors (Lipinski definition) is 2. The lowest BCUT2D eigenvalue weighted by Crippen LogP contribution is -2.11. The molecule has 0 aliphatic carbocycles. The van der Waals surface area contributed by atoms with Crippen LogP contribution >= 0.6 is 15.9 Å². The third-order valence-electron chi connectivity index (χ3n) is 3.39. The lowest BCUT2D eigenvalue weighted by Gasteiger charge is -2.19. The molecule has 2 rings (SSSR count). The van der Waals surface area contributed by atoms with E-state index in [1.807, 2.05) is 31.2 Å². The zero-order valence-electron chi connectivity index (χ0n) is 12.2. The van der Waals surface area contributed by atoms with Crippen molar-refractivity contribution in [3.05, 3.63) is 63.9 Å². The first-order valence-electron chi connectivity index (χ1n) is 6.90. The molecule has 0 spiro atoms. The van der Waals surface area contributed by atoms with Gasteiger partial charge in [0.25, 0.3) is 0 Å². The topological polar surface area (TPSA) is 21.3 Å². The summed E-state index contributed by atoms with van der Waals surface area (Å²) >= 11 is 3.39. The Bertz CT molecular complexity index is 603. The first-order chi connectivity index (χ1) is 10.1. The van der Waals surface area contributed by atoms with Crippen molar-refractivity contribution < 1.29 is 9.13 Å². The molecule has 0 aliphatic heterocycles. The van der Waals surface area contributed by atoms with Crippen LogP contribution in [0.3, 0.4) is 0 Å². The lowest BCUT2D eigenvalue weighted by molar-refractivity contribution is 0.202. The molecule has 0 aliphatic rings. The molecule has 1 N–H and O–H groups in total. The Labute approximate surface area is 133 Å². The van der Waals surface area contributed by atoms with Crippen LogP contribution in [0.25, 0.3) is 0 Å². The number of para-hydroxylation sites is 1. The number of hydrogen-bond donors (Lipinski definition) is 1. The van der Waals surface area contributed by atoms with Crippen LogP contribution in [0.1, 0.15) is 24.1 Å². The van der Waals surface area contributed by atoms with E-state index in [4.69, 9.17) is 4.74 Å². The molecule has 1 atom stereocenters. The van der Waals surface area contributed by atoms with E-state index in [-0.39, 0.29) is 11.9 Å². The van der Waals surface area contributed by atoms with Crippen molar-refractivity contribution in [2.75, 3.05) is 19.0 Å². The molecule has 0 amide bonds. The fraction of sp³-hybridized carbons (Fsp3) is 0.294. The third-order valence-corrected chi connectivity index (χ3v) is 3.88. The molecule has 2 nitrogen and oxygen atoms in total. The number of halogens is 2. The highest BCUT2D eigenvalue weighted by Crippen LogP contribution is 2.26. The van der Waals surface area contributed by atoms with Gasteiger partial charge in [0.1, 0.15) is 5.82 Å². The molecule has 21 heavy (non-hydrogen) atoms. The van der Waals surface area contributed by atoms with Gasteiger partial charge in [0.15, 0.2) is 0 Å². The summed E-state index contributed by atoms with van der Waals surface area (Å²) in [6.45, 7) is 2.62. The molecular formula is C17H19BrFNO. The Morgan fingerprint density at radius 2 is 2.00 bits per heavy atom. The monoisotopic (exact) mass is 351 g/mol. The van der Waals surface area contributed by atoms with E-state index in [1.54, 1.807) is 13.2 Å². The average molecular weight is 352 g/mol. The van der Waals surface area contributed by atoms with E-state index >= 15 is 0 Å². The zero-order valence-corrected chi connectivity index (χ0v) is 13.8. The minimum absolute atomic E-state index is 0.119. The van der Waals surface area contributed by atoms with Crippen LogP contribution in [0, 0.1) is 5.82 Å². The van der Waals surface area contributed by atoms with Gasteiger partial charge >= 0.3 is 0 Å². The average Bonchev–Trinajstić information content (AvgIpc) is 2.48. The summed E-state index contributed by atoms with van der Waals surface area (Å²) in [5.74, 6) is -0.201. The smallest absolute Gasteiger partial charge is 0.128 e. The summed E-state index contributed by atoms with van der Waals surface area (Å²) in [7, 11) is 1.69. The van der Waals surface area contributed by atoms with Crippen molar-refractivity contribution in [3.63, 3.8) is 0 Å². The Morgan fingerprint density at radius 3 is 2.76 bits per heavy atom. The van der Waals surface area contributed by atoms with Crippen LogP contribution in [-0.4, -0.2) is 13.7 Å². The van der Waals surface area contributed by atoms with E-state index in [2.05, 4.69) is 27.3 Å². The molecule has 2 aromatic carbocycles. The molecule has 0 saturated carbocycles. The van der Waals surface area contributed by atoms with Crippen molar-refractivity contribution in [2.24, 2.45) is 0 Å².